The van der Waals surface area contributed by atoms with Gasteiger partial charge < -0.3 is 0 Å². The van der Waals surface area contributed by atoms with Crippen LogP contribution < -0.4 is 5.59 Å². The normalized spacial score (nSPS) is 17.9. The third kappa shape index (κ3) is 3.63. The van der Waals surface area contributed by atoms with Crippen LogP contribution in [0.5, 0.6) is 0 Å². The number of nitrogens with one attached hydrogen (secondary N) is 1. The summed E-state index contributed by atoms with van der Waals surface area (Å²) in [6.07, 6.45) is 3.88. The van der Waals surface area contributed by atoms with E-state index in [1.54, 1.807) is 0 Å². The van der Waals surface area contributed by atoms with Crippen molar-refractivity contribution >= 4 is 0 Å². The van der Waals surface area contributed by atoms with E-state index < -0.39 is 0 Å². The highest BCUT2D eigenvalue weighted by atomic mass is 16.7. The minimum absolute atomic E-state index is 0.622. The predicted molar refractivity (Wildman–Crippen MR) is 59.8 cm³/mol. The van der Waals surface area contributed by atoms with Crippen LogP contribution in [0.1, 0.15) is 24.8 Å². The highest BCUT2D eigenvalue weighted by molar-refractivity contribution is 5.13. The Hall–Kier alpha value is -0.900. The van der Waals surface area contributed by atoms with Gasteiger partial charge in [0, 0.05) is 13.1 Å². The van der Waals surface area contributed by atoms with Gasteiger partial charge in [-0.25, -0.2) is 5.01 Å². The maximum atomic E-state index is 5.44. The molecule has 1 aromatic carbocycles. The van der Waals surface area contributed by atoms with E-state index in [2.05, 4.69) is 22.7 Å². The van der Waals surface area contributed by atoms with Gasteiger partial charge in [-0.05, 0) is 18.4 Å². The number of benzene rings is 1. The molecule has 3 nitrogen and oxygen atoms in total. The second-order valence-electron chi connectivity index (χ2n) is 3.91. The molecule has 1 heterocycles. The Morgan fingerprint density at radius 3 is 2.53 bits per heavy atom. The summed E-state index contributed by atoms with van der Waals surface area (Å²) in [5, 5.41) is 2.15. The van der Waals surface area contributed by atoms with Crippen molar-refractivity contribution in [1.82, 2.24) is 10.6 Å². The molecule has 0 aliphatic carbocycles. The largest absolute Gasteiger partial charge is 0.282 e. The molecule has 0 saturated carbocycles. The zero-order valence-electron chi connectivity index (χ0n) is 8.98. The SMILES string of the molecule is c1ccc(CONN2CCCCC2)cc1. The summed E-state index contributed by atoms with van der Waals surface area (Å²) in [6.45, 7) is 2.81. The predicted octanol–water partition coefficient (Wildman–Crippen LogP) is 2.11. The Bertz CT molecular complexity index is 270. The molecule has 1 aliphatic rings. The van der Waals surface area contributed by atoms with Crippen molar-refractivity contribution < 1.29 is 4.84 Å². The molecule has 15 heavy (non-hydrogen) atoms. The third-order valence-electron chi connectivity index (χ3n) is 2.63. The highest BCUT2D eigenvalue weighted by Crippen LogP contribution is 2.06. The summed E-state index contributed by atoms with van der Waals surface area (Å²) in [4.78, 5) is 5.44. The van der Waals surface area contributed by atoms with Crippen molar-refractivity contribution in [1.29, 1.82) is 0 Å². The molecule has 1 N–H and O–H groups in total. The van der Waals surface area contributed by atoms with Gasteiger partial charge in [0.15, 0.2) is 0 Å². The topological polar surface area (TPSA) is 24.5 Å². The minimum atomic E-state index is 0.622. The fourth-order valence-electron chi connectivity index (χ4n) is 1.77. The van der Waals surface area contributed by atoms with E-state index in [-0.39, 0.29) is 0 Å². The number of hydrazine groups is 1. The summed E-state index contributed by atoms with van der Waals surface area (Å²) in [7, 11) is 0. The van der Waals surface area contributed by atoms with Crippen LogP contribution in [0.4, 0.5) is 0 Å². The Morgan fingerprint density at radius 1 is 1.07 bits per heavy atom. The molecular formula is C12H18N2O. The summed E-state index contributed by atoms with van der Waals surface area (Å²) >= 11 is 0. The number of nitrogens with zero attached hydrogens (tertiary/aromatic N) is 1. The number of piperidine rings is 1. The van der Waals surface area contributed by atoms with Crippen LogP contribution in [0.25, 0.3) is 0 Å². The Balaban J connectivity index is 1.66. The molecule has 1 saturated heterocycles. The number of rotatable bonds is 4. The molecule has 1 aromatic rings. The van der Waals surface area contributed by atoms with E-state index in [0.717, 1.165) is 13.1 Å². The van der Waals surface area contributed by atoms with Crippen molar-refractivity contribution in [3.05, 3.63) is 35.9 Å². The first kappa shape index (κ1) is 10.6. The second-order valence-corrected chi connectivity index (χ2v) is 3.91. The van der Waals surface area contributed by atoms with Crippen LogP contribution >= 0.6 is 0 Å². The van der Waals surface area contributed by atoms with Crippen LogP contribution in [0.2, 0.25) is 0 Å². The molecule has 82 valence electrons. The van der Waals surface area contributed by atoms with Gasteiger partial charge in [-0.3, -0.25) is 4.84 Å². The van der Waals surface area contributed by atoms with E-state index in [9.17, 15) is 0 Å². The summed E-state index contributed by atoms with van der Waals surface area (Å²) in [5.41, 5.74) is 4.20. The van der Waals surface area contributed by atoms with Crippen LogP contribution in [0.3, 0.4) is 0 Å². The molecule has 3 heteroatoms. The van der Waals surface area contributed by atoms with Gasteiger partial charge in [-0.2, -0.15) is 0 Å². The molecule has 0 radical (unpaired) electrons. The zero-order chi connectivity index (χ0) is 10.3. The summed E-state index contributed by atoms with van der Waals surface area (Å²) in [5.74, 6) is 0. The smallest absolute Gasteiger partial charge is 0.0949 e. The molecule has 2 rings (SSSR count). The van der Waals surface area contributed by atoms with Crippen molar-refractivity contribution in [2.75, 3.05) is 13.1 Å². The minimum Gasteiger partial charge on any atom is -0.282 e. The van der Waals surface area contributed by atoms with E-state index in [4.69, 9.17) is 4.84 Å². The molecule has 0 unspecified atom stereocenters. The van der Waals surface area contributed by atoms with Gasteiger partial charge in [0.2, 0.25) is 0 Å². The van der Waals surface area contributed by atoms with E-state index in [1.165, 1.54) is 24.8 Å². The van der Waals surface area contributed by atoms with Gasteiger partial charge in [-0.15, -0.1) is 5.59 Å². The monoisotopic (exact) mass is 206 g/mol. The highest BCUT2D eigenvalue weighted by Gasteiger charge is 2.08. The lowest BCUT2D eigenvalue weighted by Gasteiger charge is -2.26. The lowest BCUT2D eigenvalue weighted by atomic mass is 10.2. The van der Waals surface area contributed by atoms with Gasteiger partial charge in [-0.1, -0.05) is 36.8 Å². The van der Waals surface area contributed by atoms with Crippen molar-refractivity contribution in [3.8, 4) is 0 Å². The standard InChI is InChI=1S/C12H18N2O/c1-3-7-12(8-4-1)11-15-13-14-9-5-2-6-10-14/h1,3-4,7-8,13H,2,5-6,9-11H2. The van der Waals surface area contributed by atoms with Crippen LogP contribution in [0, 0.1) is 0 Å². The average molecular weight is 206 g/mol. The van der Waals surface area contributed by atoms with Crippen molar-refractivity contribution in [2.45, 2.75) is 25.9 Å². The van der Waals surface area contributed by atoms with E-state index in [1.807, 2.05) is 18.2 Å². The van der Waals surface area contributed by atoms with Gasteiger partial charge >= 0.3 is 0 Å². The first-order valence-corrected chi connectivity index (χ1v) is 5.61. The molecule has 0 aromatic heterocycles. The van der Waals surface area contributed by atoms with Gasteiger partial charge in [0.05, 0.1) is 6.61 Å². The first-order chi connectivity index (χ1) is 7.45. The number of hydrogen-bond acceptors (Lipinski definition) is 3. The van der Waals surface area contributed by atoms with Crippen LogP contribution in [0.15, 0.2) is 30.3 Å². The molecule has 0 bridgehead atoms. The van der Waals surface area contributed by atoms with Crippen molar-refractivity contribution in [3.63, 3.8) is 0 Å². The molecule has 1 aliphatic heterocycles. The Kier molecular flexibility index (Phi) is 4.14. The van der Waals surface area contributed by atoms with Crippen LogP contribution in [-0.2, 0) is 11.4 Å². The molecule has 1 fully saturated rings. The maximum Gasteiger partial charge on any atom is 0.0949 e. The van der Waals surface area contributed by atoms with Crippen LogP contribution in [-0.4, -0.2) is 18.1 Å². The third-order valence-corrected chi connectivity index (χ3v) is 2.63. The fourth-order valence-corrected chi connectivity index (χ4v) is 1.77. The quantitative estimate of drug-likeness (QED) is 0.764. The number of hydrogen-bond donors (Lipinski definition) is 1. The first-order valence-electron chi connectivity index (χ1n) is 5.61. The molecular weight excluding hydrogens is 188 g/mol. The Morgan fingerprint density at radius 2 is 1.80 bits per heavy atom. The maximum absolute atomic E-state index is 5.44. The Labute approximate surface area is 91.0 Å². The summed E-state index contributed by atoms with van der Waals surface area (Å²) < 4.78 is 0. The lowest BCUT2D eigenvalue weighted by molar-refractivity contribution is -0.0993. The second kappa shape index (κ2) is 5.85. The van der Waals surface area contributed by atoms with E-state index in [0.29, 0.717) is 6.61 Å². The molecule has 0 spiro atoms. The average Bonchev–Trinajstić information content (AvgIpc) is 2.32. The van der Waals surface area contributed by atoms with Crippen molar-refractivity contribution in [2.24, 2.45) is 0 Å². The molecule has 0 amide bonds. The van der Waals surface area contributed by atoms with E-state index >= 15 is 0 Å². The lowest BCUT2D eigenvalue weighted by Crippen LogP contribution is -2.41. The zero-order valence-corrected chi connectivity index (χ0v) is 8.98. The fraction of sp³-hybridized carbons (Fsp3) is 0.500. The van der Waals surface area contributed by atoms with Gasteiger partial charge in [0.1, 0.15) is 0 Å². The molecule has 0 atom stereocenters. The van der Waals surface area contributed by atoms with Gasteiger partial charge in [0.25, 0.3) is 0 Å². The summed E-state index contributed by atoms with van der Waals surface area (Å²) in [6, 6.07) is 10.2.